The zero-order valence-electron chi connectivity index (χ0n) is 15.9. The topological polar surface area (TPSA) is 102 Å². The van der Waals surface area contributed by atoms with E-state index in [2.05, 4.69) is 26.5 Å². The molecule has 9 heteroatoms. The highest BCUT2D eigenvalue weighted by molar-refractivity contribution is 9.10. The van der Waals surface area contributed by atoms with E-state index >= 15 is 0 Å². The first-order valence-corrected chi connectivity index (χ1v) is 9.57. The molecule has 0 atom stereocenters. The number of nitrogens with zero attached hydrogens (tertiary/aromatic N) is 2. The summed E-state index contributed by atoms with van der Waals surface area (Å²) in [4.78, 5) is 23.3. The fourth-order valence-electron chi connectivity index (χ4n) is 2.70. The number of amides is 1. The fourth-order valence-corrected chi connectivity index (χ4v) is 3.27. The summed E-state index contributed by atoms with van der Waals surface area (Å²) in [6.07, 6.45) is 5.16. The van der Waals surface area contributed by atoms with Gasteiger partial charge < -0.3 is 19.1 Å². The molecule has 0 fully saturated rings. The van der Waals surface area contributed by atoms with Gasteiger partial charge in [-0.15, -0.1) is 0 Å². The molecule has 0 spiro atoms. The van der Waals surface area contributed by atoms with Crippen LogP contribution in [0.25, 0.3) is 5.69 Å². The highest BCUT2D eigenvalue weighted by Crippen LogP contribution is 2.36. The molecule has 154 valence electrons. The zero-order chi connectivity index (χ0) is 21.5. The van der Waals surface area contributed by atoms with Crippen LogP contribution in [0.4, 0.5) is 0 Å². The van der Waals surface area contributed by atoms with Crippen molar-refractivity contribution < 1.29 is 24.2 Å². The van der Waals surface area contributed by atoms with Crippen LogP contribution in [-0.2, 0) is 4.79 Å². The highest BCUT2D eigenvalue weighted by Gasteiger charge is 2.13. The third-order valence-electron chi connectivity index (χ3n) is 4.00. The molecule has 0 unspecified atom stereocenters. The minimum atomic E-state index is -1.10. The number of rotatable bonds is 8. The number of carboxylic acids is 1. The average Bonchev–Trinajstić information content (AvgIpc) is 3.27. The Morgan fingerprint density at radius 1 is 1.20 bits per heavy atom. The maximum absolute atomic E-state index is 12.6. The Bertz CT molecular complexity index is 1080. The number of halogens is 1. The Labute approximate surface area is 180 Å². The van der Waals surface area contributed by atoms with Crippen molar-refractivity contribution in [2.75, 3.05) is 13.7 Å². The molecule has 0 aliphatic rings. The maximum atomic E-state index is 12.6. The fraction of sp³-hybridized carbons (Fsp3) is 0.0952. The van der Waals surface area contributed by atoms with E-state index in [-0.39, 0.29) is 11.7 Å². The number of para-hydroxylation sites is 1. The molecule has 0 aliphatic heterocycles. The van der Waals surface area contributed by atoms with E-state index in [4.69, 9.17) is 14.6 Å². The van der Waals surface area contributed by atoms with Gasteiger partial charge in [0.15, 0.2) is 18.1 Å². The molecular weight excluding hydrogens is 454 g/mol. The molecule has 1 amide bonds. The molecule has 8 nitrogen and oxygen atoms in total. The lowest BCUT2D eigenvalue weighted by Gasteiger charge is -2.12. The van der Waals surface area contributed by atoms with E-state index in [9.17, 15) is 9.59 Å². The molecule has 0 aliphatic carbocycles. The molecule has 30 heavy (non-hydrogen) atoms. The van der Waals surface area contributed by atoms with Gasteiger partial charge in [0.2, 0.25) is 0 Å². The van der Waals surface area contributed by atoms with Gasteiger partial charge >= 0.3 is 5.97 Å². The second-order valence-electron chi connectivity index (χ2n) is 6.02. The molecule has 2 N–H and O–H groups in total. The van der Waals surface area contributed by atoms with Crippen LogP contribution in [0.15, 0.2) is 70.5 Å². The zero-order valence-corrected chi connectivity index (χ0v) is 17.5. The van der Waals surface area contributed by atoms with Crippen molar-refractivity contribution in [3.63, 3.8) is 0 Å². The monoisotopic (exact) mass is 471 g/mol. The smallest absolute Gasteiger partial charge is 0.341 e. The van der Waals surface area contributed by atoms with E-state index in [0.29, 0.717) is 21.3 Å². The minimum Gasteiger partial charge on any atom is -0.493 e. The van der Waals surface area contributed by atoms with Crippen molar-refractivity contribution in [3.8, 4) is 17.2 Å². The number of carbonyl (C=O) groups excluding carboxylic acids is 1. The number of benzene rings is 2. The summed E-state index contributed by atoms with van der Waals surface area (Å²) in [5, 5.41) is 12.8. The molecule has 3 rings (SSSR count). The first kappa shape index (κ1) is 21.1. The van der Waals surface area contributed by atoms with Gasteiger partial charge in [-0.25, -0.2) is 10.2 Å². The van der Waals surface area contributed by atoms with Crippen LogP contribution >= 0.6 is 15.9 Å². The van der Waals surface area contributed by atoms with Gasteiger partial charge in [0.05, 0.1) is 29.0 Å². The number of carbonyl (C=O) groups is 2. The molecule has 0 saturated heterocycles. The Morgan fingerprint density at radius 2 is 1.93 bits per heavy atom. The number of carboxylic acid groups (broad SMARTS) is 1. The number of aromatic nitrogens is 1. The van der Waals surface area contributed by atoms with Crippen LogP contribution in [0, 0.1) is 0 Å². The van der Waals surface area contributed by atoms with E-state index in [1.807, 2.05) is 41.2 Å². The van der Waals surface area contributed by atoms with Crippen LogP contribution in [0.2, 0.25) is 0 Å². The summed E-state index contributed by atoms with van der Waals surface area (Å²) < 4.78 is 12.8. The maximum Gasteiger partial charge on any atom is 0.341 e. The highest BCUT2D eigenvalue weighted by atomic mass is 79.9. The van der Waals surface area contributed by atoms with Crippen molar-refractivity contribution in [1.29, 1.82) is 0 Å². The first-order valence-electron chi connectivity index (χ1n) is 8.77. The quantitative estimate of drug-likeness (QED) is 0.386. The van der Waals surface area contributed by atoms with Crippen LogP contribution in [0.5, 0.6) is 11.5 Å². The summed E-state index contributed by atoms with van der Waals surface area (Å²) in [5.41, 5.74) is 4.33. The summed E-state index contributed by atoms with van der Waals surface area (Å²) >= 11 is 3.33. The predicted molar refractivity (Wildman–Crippen MR) is 115 cm³/mol. The number of methoxy groups -OCH3 is 1. The van der Waals surface area contributed by atoms with Crippen LogP contribution < -0.4 is 14.9 Å². The van der Waals surface area contributed by atoms with Crippen molar-refractivity contribution in [2.24, 2.45) is 5.10 Å². The minimum absolute atomic E-state index is 0.265. The Morgan fingerprint density at radius 3 is 2.63 bits per heavy atom. The van der Waals surface area contributed by atoms with Gasteiger partial charge in [-0.05, 0) is 57.9 Å². The van der Waals surface area contributed by atoms with Gasteiger partial charge in [0, 0.05) is 12.4 Å². The number of nitrogens with one attached hydrogen (secondary N) is 1. The SMILES string of the molecule is COc1cc(/C=N/NC(=O)c2ccccc2-n2cccc2)cc(Br)c1OCC(=O)O. The molecule has 3 aromatic rings. The Kier molecular flexibility index (Phi) is 6.87. The Hall–Kier alpha value is -3.59. The third-order valence-corrected chi connectivity index (χ3v) is 4.59. The van der Waals surface area contributed by atoms with Crippen molar-refractivity contribution >= 4 is 34.0 Å². The molecule has 1 heterocycles. The van der Waals surface area contributed by atoms with E-state index in [1.54, 1.807) is 24.3 Å². The van der Waals surface area contributed by atoms with Crippen LogP contribution in [0.3, 0.4) is 0 Å². The van der Waals surface area contributed by atoms with Gasteiger partial charge in [-0.2, -0.15) is 5.10 Å². The largest absolute Gasteiger partial charge is 0.493 e. The van der Waals surface area contributed by atoms with Crippen molar-refractivity contribution in [3.05, 3.63) is 76.5 Å². The summed E-state index contributed by atoms with van der Waals surface area (Å²) in [7, 11) is 1.44. The van der Waals surface area contributed by atoms with Gasteiger partial charge in [0.25, 0.3) is 5.91 Å². The molecule has 2 aromatic carbocycles. The lowest BCUT2D eigenvalue weighted by atomic mass is 10.1. The summed E-state index contributed by atoms with van der Waals surface area (Å²) in [6.45, 7) is -0.501. The van der Waals surface area contributed by atoms with E-state index in [0.717, 1.165) is 5.69 Å². The van der Waals surface area contributed by atoms with E-state index in [1.165, 1.54) is 13.3 Å². The van der Waals surface area contributed by atoms with E-state index < -0.39 is 12.6 Å². The van der Waals surface area contributed by atoms with Gasteiger partial charge in [-0.3, -0.25) is 4.79 Å². The first-order chi connectivity index (χ1) is 14.5. The molecule has 0 radical (unpaired) electrons. The number of ether oxygens (including phenoxy) is 2. The summed E-state index contributed by atoms with van der Waals surface area (Å²) in [6, 6.07) is 14.2. The van der Waals surface area contributed by atoms with Crippen molar-refractivity contribution in [1.82, 2.24) is 9.99 Å². The molecule has 0 saturated carbocycles. The number of hydrazone groups is 1. The lowest BCUT2D eigenvalue weighted by Crippen LogP contribution is -2.19. The van der Waals surface area contributed by atoms with Crippen LogP contribution in [0.1, 0.15) is 15.9 Å². The summed E-state index contributed by atoms with van der Waals surface area (Å²) in [5.74, 6) is -0.862. The standard InChI is InChI=1S/C21H18BrN3O5/c1-29-18-11-14(10-16(22)20(18)30-13-19(26)27)12-23-24-21(28)15-6-2-3-7-17(15)25-8-4-5-9-25/h2-12H,13H2,1H3,(H,24,28)(H,26,27)/b23-12+. The lowest BCUT2D eigenvalue weighted by molar-refractivity contribution is -0.139. The number of hydrogen-bond acceptors (Lipinski definition) is 5. The molecular formula is C21H18BrN3O5. The second kappa shape index (κ2) is 9.75. The second-order valence-corrected chi connectivity index (χ2v) is 6.88. The van der Waals surface area contributed by atoms with Crippen molar-refractivity contribution in [2.45, 2.75) is 0 Å². The normalized spacial score (nSPS) is 10.7. The molecule has 1 aromatic heterocycles. The van der Waals surface area contributed by atoms with Crippen LogP contribution in [-0.4, -0.2) is 41.5 Å². The molecule has 0 bridgehead atoms. The van der Waals surface area contributed by atoms with Gasteiger partial charge in [0.1, 0.15) is 0 Å². The predicted octanol–water partition coefficient (Wildman–Crippen LogP) is 3.48. The average molecular weight is 472 g/mol. The third kappa shape index (κ3) is 5.06. The number of aliphatic carboxylic acids is 1. The Balaban J connectivity index is 1.75. The van der Waals surface area contributed by atoms with Gasteiger partial charge in [-0.1, -0.05) is 12.1 Å². The number of hydrogen-bond donors (Lipinski definition) is 2.